The monoisotopic (exact) mass is 294 g/mol. The topological polar surface area (TPSA) is 38.9 Å². The lowest BCUT2D eigenvalue weighted by Gasteiger charge is -2.08. The largest absolute Gasteiger partial charge is 0.327 e. The first-order chi connectivity index (χ1) is 8.65. The Balaban J connectivity index is 0.00000133. The van der Waals surface area contributed by atoms with Crippen LogP contribution in [0.1, 0.15) is 23.5 Å². The van der Waals surface area contributed by atoms with Gasteiger partial charge in [-0.05, 0) is 36.6 Å². The van der Waals surface area contributed by atoms with Gasteiger partial charge in [0.05, 0.1) is 5.69 Å². The summed E-state index contributed by atoms with van der Waals surface area (Å²) in [4.78, 5) is 4.57. The van der Waals surface area contributed by atoms with Crippen LogP contribution in [-0.2, 0) is 0 Å². The molecule has 19 heavy (non-hydrogen) atoms. The van der Waals surface area contributed by atoms with Gasteiger partial charge in [0.2, 0.25) is 0 Å². The maximum atomic E-state index is 6.01. The molecule has 2 aromatic rings. The molecule has 1 aliphatic rings. The number of nitrogens with zero attached hydrogens (tertiary/aromatic N) is 1. The minimum Gasteiger partial charge on any atom is -0.327 e. The summed E-state index contributed by atoms with van der Waals surface area (Å²) in [7, 11) is 0. The molecule has 1 heterocycles. The zero-order valence-corrected chi connectivity index (χ0v) is 12.2. The molecule has 1 aliphatic carbocycles. The van der Waals surface area contributed by atoms with Gasteiger partial charge in [-0.3, -0.25) is 4.98 Å². The van der Waals surface area contributed by atoms with Crippen molar-refractivity contribution in [2.24, 2.45) is 5.73 Å². The van der Waals surface area contributed by atoms with E-state index in [0.717, 1.165) is 22.7 Å². The molecule has 3 rings (SSSR count). The maximum Gasteiger partial charge on any atom is 0.0731 e. The summed E-state index contributed by atoms with van der Waals surface area (Å²) < 4.78 is 0. The molecule has 0 aliphatic heterocycles. The van der Waals surface area contributed by atoms with Gasteiger partial charge < -0.3 is 5.73 Å². The summed E-state index contributed by atoms with van der Waals surface area (Å²) in [5, 5.41) is 0.738. The lowest BCUT2D eigenvalue weighted by molar-refractivity contribution is 0.978. The van der Waals surface area contributed by atoms with E-state index in [1.165, 1.54) is 11.1 Å². The van der Waals surface area contributed by atoms with Crippen LogP contribution in [0.2, 0.25) is 5.02 Å². The second-order valence-corrected chi connectivity index (χ2v) is 5.39. The molecule has 0 radical (unpaired) electrons. The van der Waals surface area contributed by atoms with Crippen LogP contribution in [0.5, 0.6) is 0 Å². The Morgan fingerprint density at radius 3 is 2.63 bits per heavy atom. The van der Waals surface area contributed by atoms with Crippen LogP contribution in [0.15, 0.2) is 36.5 Å². The number of aromatic nitrogens is 1. The molecule has 2 N–H and O–H groups in total. The average molecular weight is 295 g/mol. The normalized spacial score (nSPS) is 20.8. The molecule has 4 heteroatoms. The Hall–Kier alpha value is -1.09. The van der Waals surface area contributed by atoms with Gasteiger partial charge in [0.1, 0.15) is 0 Å². The smallest absolute Gasteiger partial charge is 0.0731 e. The lowest BCUT2D eigenvalue weighted by atomic mass is 10.0. The number of rotatable bonds is 2. The van der Waals surface area contributed by atoms with E-state index in [1.807, 2.05) is 30.5 Å². The van der Waals surface area contributed by atoms with E-state index in [2.05, 4.69) is 18.0 Å². The predicted molar refractivity (Wildman–Crippen MR) is 82.0 cm³/mol. The number of nitrogens with two attached hydrogens (primary N) is 1. The van der Waals surface area contributed by atoms with E-state index in [9.17, 15) is 0 Å². The Bertz CT molecular complexity index is 598. The van der Waals surface area contributed by atoms with Gasteiger partial charge in [-0.25, -0.2) is 0 Å². The Kier molecular flexibility index (Phi) is 4.14. The van der Waals surface area contributed by atoms with Crippen molar-refractivity contribution >= 4 is 24.0 Å². The summed E-state index contributed by atoms with van der Waals surface area (Å²) in [6.45, 7) is 2.08. The van der Waals surface area contributed by atoms with Gasteiger partial charge in [-0.1, -0.05) is 29.8 Å². The lowest BCUT2D eigenvalue weighted by Crippen LogP contribution is -2.01. The number of benzene rings is 1. The first kappa shape index (κ1) is 14.3. The fourth-order valence-corrected chi connectivity index (χ4v) is 2.53. The minimum absolute atomic E-state index is 0. The van der Waals surface area contributed by atoms with Gasteiger partial charge in [0, 0.05) is 28.7 Å². The molecule has 100 valence electrons. The molecule has 1 saturated carbocycles. The van der Waals surface area contributed by atoms with E-state index in [-0.39, 0.29) is 12.4 Å². The third-order valence-electron chi connectivity index (χ3n) is 3.47. The zero-order valence-electron chi connectivity index (χ0n) is 10.6. The number of hydrogen-bond donors (Lipinski definition) is 1. The van der Waals surface area contributed by atoms with E-state index in [4.69, 9.17) is 17.3 Å². The SMILES string of the molecule is Cc1cc([C@H]2C[C@@H]2N)cnc1-c1cccc(Cl)c1.Cl. The van der Waals surface area contributed by atoms with Crippen LogP contribution in [0.4, 0.5) is 0 Å². The molecule has 0 bridgehead atoms. The first-order valence-corrected chi connectivity index (χ1v) is 6.51. The van der Waals surface area contributed by atoms with Crippen LogP contribution < -0.4 is 5.73 Å². The molecule has 2 nitrogen and oxygen atoms in total. The average Bonchev–Trinajstić information content (AvgIpc) is 3.06. The molecule has 1 aromatic heterocycles. The van der Waals surface area contributed by atoms with Gasteiger partial charge in [0.25, 0.3) is 0 Å². The molecular formula is C15H16Cl2N2. The second kappa shape index (κ2) is 5.49. The third kappa shape index (κ3) is 2.92. The quantitative estimate of drug-likeness (QED) is 0.911. The van der Waals surface area contributed by atoms with E-state index < -0.39 is 0 Å². The zero-order chi connectivity index (χ0) is 12.7. The Morgan fingerprint density at radius 2 is 2.05 bits per heavy atom. The van der Waals surface area contributed by atoms with Crippen LogP contribution in [0, 0.1) is 6.92 Å². The standard InChI is InChI=1S/C15H15ClN2.ClH/c1-9-5-11(13-7-14(13)17)8-18-15(9)10-3-2-4-12(16)6-10;/h2-6,8,13-14H,7,17H2,1H3;1H/t13-,14+;/m1./s1. The first-order valence-electron chi connectivity index (χ1n) is 6.13. The van der Waals surface area contributed by atoms with Crippen molar-refractivity contribution < 1.29 is 0 Å². The molecule has 1 aromatic carbocycles. The summed E-state index contributed by atoms with van der Waals surface area (Å²) in [5.41, 5.74) is 10.4. The molecule has 0 spiro atoms. The van der Waals surface area contributed by atoms with Gasteiger partial charge in [0.15, 0.2) is 0 Å². The van der Waals surface area contributed by atoms with Gasteiger partial charge in [-0.15, -0.1) is 12.4 Å². The second-order valence-electron chi connectivity index (χ2n) is 4.95. The van der Waals surface area contributed by atoms with Crippen molar-refractivity contribution in [3.8, 4) is 11.3 Å². The maximum absolute atomic E-state index is 6.01. The molecule has 0 amide bonds. The summed E-state index contributed by atoms with van der Waals surface area (Å²) in [6.07, 6.45) is 3.03. The van der Waals surface area contributed by atoms with E-state index in [1.54, 1.807) is 0 Å². The Morgan fingerprint density at radius 1 is 1.32 bits per heavy atom. The summed E-state index contributed by atoms with van der Waals surface area (Å²) in [5.74, 6) is 0.504. The summed E-state index contributed by atoms with van der Waals surface area (Å²) in [6, 6.07) is 10.3. The highest BCUT2D eigenvalue weighted by Gasteiger charge is 2.35. The van der Waals surface area contributed by atoms with Crippen LogP contribution in [-0.4, -0.2) is 11.0 Å². The number of aryl methyl sites for hydroxylation is 1. The molecular weight excluding hydrogens is 279 g/mol. The predicted octanol–water partition coefficient (Wildman–Crippen LogP) is 3.95. The summed E-state index contributed by atoms with van der Waals surface area (Å²) >= 11 is 6.01. The van der Waals surface area contributed by atoms with Gasteiger partial charge >= 0.3 is 0 Å². The Labute approximate surface area is 124 Å². The molecule has 0 unspecified atom stereocenters. The molecule has 1 fully saturated rings. The highest BCUT2D eigenvalue weighted by atomic mass is 35.5. The highest BCUT2D eigenvalue weighted by Crippen LogP contribution is 2.39. The van der Waals surface area contributed by atoms with E-state index in [0.29, 0.717) is 12.0 Å². The van der Waals surface area contributed by atoms with Crippen molar-refractivity contribution in [1.82, 2.24) is 4.98 Å². The fraction of sp³-hybridized carbons (Fsp3) is 0.267. The van der Waals surface area contributed by atoms with Crippen LogP contribution in [0.3, 0.4) is 0 Å². The number of hydrogen-bond acceptors (Lipinski definition) is 2. The van der Waals surface area contributed by atoms with Crippen molar-refractivity contribution in [2.75, 3.05) is 0 Å². The highest BCUT2D eigenvalue weighted by molar-refractivity contribution is 6.30. The van der Waals surface area contributed by atoms with Crippen molar-refractivity contribution in [3.63, 3.8) is 0 Å². The fourth-order valence-electron chi connectivity index (χ4n) is 2.34. The molecule has 2 atom stereocenters. The number of pyridine rings is 1. The van der Waals surface area contributed by atoms with Crippen molar-refractivity contribution in [2.45, 2.75) is 25.3 Å². The third-order valence-corrected chi connectivity index (χ3v) is 3.70. The number of halogens is 2. The van der Waals surface area contributed by atoms with E-state index >= 15 is 0 Å². The van der Waals surface area contributed by atoms with Crippen molar-refractivity contribution in [3.05, 3.63) is 52.7 Å². The van der Waals surface area contributed by atoms with Crippen LogP contribution in [0.25, 0.3) is 11.3 Å². The minimum atomic E-state index is 0. The van der Waals surface area contributed by atoms with Gasteiger partial charge in [-0.2, -0.15) is 0 Å². The molecule has 0 saturated heterocycles. The van der Waals surface area contributed by atoms with Crippen molar-refractivity contribution in [1.29, 1.82) is 0 Å². The van der Waals surface area contributed by atoms with Crippen LogP contribution >= 0.6 is 24.0 Å².